The van der Waals surface area contributed by atoms with Gasteiger partial charge in [-0.25, -0.2) is 0 Å². The highest BCUT2D eigenvalue weighted by Gasteiger charge is 2.24. The van der Waals surface area contributed by atoms with Gasteiger partial charge in [-0.1, -0.05) is 24.6 Å². The Bertz CT molecular complexity index is 444. The number of hydrogen-bond acceptors (Lipinski definition) is 3. The molecule has 0 atom stereocenters. The van der Waals surface area contributed by atoms with Crippen molar-refractivity contribution < 1.29 is 9.53 Å². The third-order valence-corrected chi connectivity index (χ3v) is 3.92. The van der Waals surface area contributed by atoms with Gasteiger partial charge in [0, 0.05) is 12.6 Å². The van der Waals surface area contributed by atoms with Crippen LogP contribution < -0.4 is 10.1 Å². The maximum atomic E-state index is 12.5. The SMILES string of the molecule is CCCN(C(=O)COc1ccc(C)cc1)C1CCNCC1.Cl. The summed E-state index contributed by atoms with van der Waals surface area (Å²) in [6.45, 7) is 7.10. The lowest BCUT2D eigenvalue weighted by molar-refractivity contribution is -0.136. The lowest BCUT2D eigenvalue weighted by atomic mass is 10.0. The van der Waals surface area contributed by atoms with E-state index in [1.54, 1.807) is 0 Å². The van der Waals surface area contributed by atoms with Crippen molar-refractivity contribution in [2.24, 2.45) is 0 Å². The van der Waals surface area contributed by atoms with Crippen molar-refractivity contribution in [3.05, 3.63) is 29.8 Å². The normalized spacial score (nSPS) is 15.0. The van der Waals surface area contributed by atoms with Crippen LogP contribution in [0.4, 0.5) is 0 Å². The van der Waals surface area contributed by atoms with Crippen molar-refractivity contribution in [1.29, 1.82) is 0 Å². The summed E-state index contributed by atoms with van der Waals surface area (Å²) in [5.41, 5.74) is 1.19. The van der Waals surface area contributed by atoms with Gasteiger partial charge in [0.1, 0.15) is 5.75 Å². The summed E-state index contributed by atoms with van der Waals surface area (Å²) in [5, 5.41) is 3.34. The maximum Gasteiger partial charge on any atom is 0.260 e. The molecule has 1 amide bonds. The van der Waals surface area contributed by atoms with Crippen molar-refractivity contribution in [3.63, 3.8) is 0 Å². The fourth-order valence-corrected chi connectivity index (χ4v) is 2.73. The minimum absolute atomic E-state index is 0. The van der Waals surface area contributed by atoms with E-state index in [1.165, 1.54) is 5.56 Å². The Kier molecular flexibility index (Phi) is 8.28. The first-order valence-corrected chi connectivity index (χ1v) is 7.90. The van der Waals surface area contributed by atoms with E-state index in [4.69, 9.17) is 4.74 Å². The predicted molar refractivity (Wildman–Crippen MR) is 91.8 cm³/mol. The van der Waals surface area contributed by atoms with Gasteiger partial charge in [0.05, 0.1) is 0 Å². The van der Waals surface area contributed by atoms with Gasteiger partial charge in [-0.15, -0.1) is 12.4 Å². The summed E-state index contributed by atoms with van der Waals surface area (Å²) in [6, 6.07) is 8.18. The van der Waals surface area contributed by atoms with Crippen molar-refractivity contribution in [2.75, 3.05) is 26.2 Å². The highest BCUT2D eigenvalue weighted by atomic mass is 35.5. The first-order chi connectivity index (χ1) is 10.2. The van der Waals surface area contributed by atoms with E-state index in [2.05, 4.69) is 12.2 Å². The van der Waals surface area contributed by atoms with Gasteiger partial charge in [-0.2, -0.15) is 0 Å². The Labute approximate surface area is 139 Å². The average Bonchev–Trinajstić information content (AvgIpc) is 2.52. The molecule has 2 rings (SSSR count). The van der Waals surface area contributed by atoms with Crippen molar-refractivity contribution in [3.8, 4) is 5.75 Å². The molecular formula is C17H27ClN2O2. The number of aryl methyl sites for hydroxylation is 1. The van der Waals surface area contributed by atoms with E-state index < -0.39 is 0 Å². The molecule has 1 saturated heterocycles. The van der Waals surface area contributed by atoms with Crippen LogP contribution in [0.15, 0.2) is 24.3 Å². The van der Waals surface area contributed by atoms with Crippen LogP contribution in [0.2, 0.25) is 0 Å². The molecule has 1 aromatic carbocycles. The van der Waals surface area contributed by atoms with Crippen LogP contribution in [0.5, 0.6) is 5.75 Å². The van der Waals surface area contributed by atoms with Crippen LogP contribution in [0.1, 0.15) is 31.7 Å². The van der Waals surface area contributed by atoms with Crippen LogP contribution in [-0.4, -0.2) is 43.1 Å². The summed E-state index contributed by atoms with van der Waals surface area (Å²) in [5.74, 6) is 0.861. The number of benzene rings is 1. The second kappa shape index (κ2) is 9.70. The first-order valence-electron chi connectivity index (χ1n) is 7.90. The summed E-state index contributed by atoms with van der Waals surface area (Å²) in [6.07, 6.45) is 3.06. The molecule has 1 aliphatic heterocycles. The molecule has 0 unspecified atom stereocenters. The Morgan fingerprint density at radius 3 is 2.50 bits per heavy atom. The molecule has 4 nitrogen and oxygen atoms in total. The minimum atomic E-state index is 0. The van der Waals surface area contributed by atoms with Gasteiger partial charge in [-0.05, 0) is 51.4 Å². The zero-order valence-corrected chi connectivity index (χ0v) is 14.3. The molecule has 1 N–H and O–H groups in total. The lowest BCUT2D eigenvalue weighted by Crippen LogP contribution is -2.48. The van der Waals surface area contributed by atoms with E-state index in [0.717, 1.165) is 44.6 Å². The second-order valence-electron chi connectivity index (χ2n) is 5.67. The fourth-order valence-electron chi connectivity index (χ4n) is 2.73. The molecule has 0 bridgehead atoms. The Morgan fingerprint density at radius 2 is 1.91 bits per heavy atom. The number of carbonyl (C=O) groups is 1. The van der Waals surface area contributed by atoms with Crippen molar-refractivity contribution in [2.45, 2.75) is 39.2 Å². The number of hydrogen-bond donors (Lipinski definition) is 1. The van der Waals surface area contributed by atoms with Crippen LogP contribution in [-0.2, 0) is 4.79 Å². The number of carbonyl (C=O) groups excluding carboxylic acids is 1. The average molecular weight is 327 g/mol. The molecule has 1 fully saturated rings. The van der Waals surface area contributed by atoms with Crippen molar-refractivity contribution >= 4 is 18.3 Å². The van der Waals surface area contributed by atoms with Gasteiger partial charge in [-0.3, -0.25) is 4.79 Å². The van der Waals surface area contributed by atoms with E-state index in [-0.39, 0.29) is 24.9 Å². The van der Waals surface area contributed by atoms with Crippen molar-refractivity contribution in [1.82, 2.24) is 10.2 Å². The molecule has 124 valence electrons. The van der Waals surface area contributed by atoms with Gasteiger partial charge in [0.2, 0.25) is 0 Å². The zero-order valence-electron chi connectivity index (χ0n) is 13.5. The highest BCUT2D eigenvalue weighted by Crippen LogP contribution is 2.15. The van der Waals surface area contributed by atoms with E-state index >= 15 is 0 Å². The predicted octanol–water partition coefficient (Wildman–Crippen LogP) is 2.79. The summed E-state index contributed by atoms with van der Waals surface area (Å²) < 4.78 is 5.63. The van der Waals surface area contributed by atoms with Crippen LogP contribution >= 0.6 is 12.4 Å². The Morgan fingerprint density at radius 1 is 1.27 bits per heavy atom. The summed E-state index contributed by atoms with van der Waals surface area (Å²) >= 11 is 0. The third-order valence-electron chi connectivity index (χ3n) is 3.92. The molecule has 5 heteroatoms. The Balaban J connectivity index is 0.00000242. The molecule has 1 aliphatic rings. The van der Waals surface area contributed by atoms with Gasteiger partial charge < -0.3 is 15.0 Å². The van der Waals surface area contributed by atoms with Gasteiger partial charge in [0.25, 0.3) is 5.91 Å². The van der Waals surface area contributed by atoms with E-state index in [9.17, 15) is 4.79 Å². The molecule has 0 aliphatic carbocycles. The maximum absolute atomic E-state index is 12.5. The van der Waals surface area contributed by atoms with Crippen LogP contribution in [0.3, 0.4) is 0 Å². The third kappa shape index (κ3) is 5.50. The highest BCUT2D eigenvalue weighted by molar-refractivity contribution is 5.85. The number of piperidine rings is 1. The van der Waals surface area contributed by atoms with Gasteiger partial charge >= 0.3 is 0 Å². The first kappa shape index (κ1) is 18.8. The number of halogens is 1. The van der Waals surface area contributed by atoms with Crippen LogP contribution in [0, 0.1) is 6.92 Å². The quantitative estimate of drug-likeness (QED) is 0.874. The minimum Gasteiger partial charge on any atom is -0.484 e. The standard InChI is InChI=1S/C17H26N2O2.ClH/c1-3-12-19(15-8-10-18-11-9-15)17(20)13-21-16-6-4-14(2)5-7-16;/h4-7,15,18H,3,8-13H2,1-2H3;1H. The number of rotatable bonds is 6. The Hall–Kier alpha value is -1.26. The molecule has 22 heavy (non-hydrogen) atoms. The molecule has 0 radical (unpaired) electrons. The van der Waals surface area contributed by atoms with Gasteiger partial charge in [0.15, 0.2) is 6.61 Å². The number of nitrogens with one attached hydrogen (secondary N) is 1. The molecule has 1 aromatic rings. The molecular weight excluding hydrogens is 300 g/mol. The van der Waals surface area contributed by atoms with E-state index in [1.807, 2.05) is 36.1 Å². The molecule has 1 heterocycles. The fraction of sp³-hybridized carbons (Fsp3) is 0.588. The molecule has 0 saturated carbocycles. The summed E-state index contributed by atoms with van der Waals surface area (Å²) in [7, 11) is 0. The van der Waals surface area contributed by atoms with Crippen LogP contribution in [0.25, 0.3) is 0 Å². The number of ether oxygens (including phenoxy) is 1. The number of amides is 1. The summed E-state index contributed by atoms with van der Waals surface area (Å²) in [4.78, 5) is 14.5. The second-order valence-corrected chi connectivity index (χ2v) is 5.67. The monoisotopic (exact) mass is 326 g/mol. The lowest BCUT2D eigenvalue weighted by Gasteiger charge is -2.34. The van der Waals surface area contributed by atoms with E-state index in [0.29, 0.717) is 6.04 Å². The molecule has 0 spiro atoms. The largest absolute Gasteiger partial charge is 0.484 e. The smallest absolute Gasteiger partial charge is 0.260 e. The molecule has 0 aromatic heterocycles. The number of nitrogens with zero attached hydrogens (tertiary/aromatic N) is 1. The zero-order chi connectivity index (χ0) is 15.1. The topological polar surface area (TPSA) is 41.6 Å².